The van der Waals surface area contributed by atoms with Crippen LogP contribution in [-0.2, 0) is 22.4 Å². The predicted molar refractivity (Wildman–Crippen MR) is 148 cm³/mol. The maximum atomic E-state index is 11.9. The molecule has 0 heterocycles. The zero-order chi connectivity index (χ0) is 25.3. The Kier molecular flexibility index (Phi) is 9.13. The molecule has 1 aliphatic carbocycles. The quantitative estimate of drug-likeness (QED) is 0.238. The summed E-state index contributed by atoms with van der Waals surface area (Å²) in [6.07, 6.45) is 8.93. The SMILES string of the molecule is C=C(C)C(=O)OCCc1cc(-c2ccc(CCCO)cc2)ccc1-c1ccc(C2CCCCC2)cc1. The average molecular weight is 483 g/mol. The molecule has 188 valence electrons. The van der Waals surface area contributed by atoms with Crippen molar-refractivity contribution < 1.29 is 14.6 Å². The lowest BCUT2D eigenvalue weighted by Crippen LogP contribution is -2.08. The summed E-state index contributed by atoms with van der Waals surface area (Å²) in [5, 5.41) is 9.09. The zero-order valence-electron chi connectivity index (χ0n) is 21.5. The Morgan fingerprint density at radius 1 is 0.889 bits per heavy atom. The van der Waals surface area contributed by atoms with E-state index in [-0.39, 0.29) is 12.6 Å². The van der Waals surface area contributed by atoms with E-state index < -0.39 is 0 Å². The third-order valence-corrected chi connectivity index (χ3v) is 7.27. The summed E-state index contributed by atoms with van der Waals surface area (Å²) in [5.41, 5.74) is 8.94. The minimum absolute atomic E-state index is 0.212. The first-order chi connectivity index (χ1) is 17.5. The highest BCUT2D eigenvalue weighted by atomic mass is 16.5. The number of aryl methyl sites for hydroxylation is 1. The molecule has 0 radical (unpaired) electrons. The molecule has 0 aromatic heterocycles. The number of ether oxygens (including phenoxy) is 1. The van der Waals surface area contributed by atoms with Gasteiger partial charge in [0, 0.05) is 18.6 Å². The molecule has 0 atom stereocenters. The van der Waals surface area contributed by atoms with Gasteiger partial charge in [0.05, 0.1) is 6.61 Å². The average Bonchev–Trinajstić information content (AvgIpc) is 2.92. The molecule has 0 spiro atoms. The van der Waals surface area contributed by atoms with Gasteiger partial charge >= 0.3 is 5.97 Å². The normalized spacial score (nSPS) is 13.9. The van der Waals surface area contributed by atoms with Gasteiger partial charge in [-0.1, -0.05) is 92.6 Å². The Bertz CT molecular complexity index is 1150. The van der Waals surface area contributed by atoms with Crippen LogP contribution in [0.2, 0.25) is 0 Å². The second kappa shape index (κ2) is 12.7. The first-order valence-corrected chi connectivity index (χ1v) is 13.3. The number of hydrogen-bond acceptors (Lipinski definition) is 3. The summed E-state index contributed by atoms with van der Waals surface area (Å²) >= 11 is 0. The van der Waals surface area contributed by atoms with Crippen LogP contribution in [0.25, 0.3) is 22.3 Å². The van der Waals surface area contributed by atoms with Crippen molar-refractivity contribution in [2.24, 2.45) is 0 Å². The van der Waals surface area contributed by atoms with Gasteiger partial charge in [0.15, 0.2) is 0 Å². The van der Waals surface area contributed by atoms with Gasteiger partial charge < -0.3 is 9.84 Å². The summed E-state index contributed by atoms with van der Waals surface area (Å²) in [6, 6.07) is 24.3. The van der Waals surface area contributed by atoms with Crippen molar-refractivity contribution in [2.45, 2.75) is 64.2 Å². The van der Waals surface area contributed by atoms with Gasteiger partial charge in [-0.05, 0) is 77.5 Å². The molecule has 1 saturated carbocycles. The van der Waals surface area contributed by atoms with Gasteiger partial charge in [-0.15, -0.1) is 0 Å². The van der Waals surface area contributed by atoms with E-state index in [9.17, 15) is 4.79 Å². The van der Waals surface area contributed by atoms with Gasteiger partial charge in [-0.3, -0.25) is 0 Å². The number of carbonyl (C=O) groups is 1. The fourth-order valence-electron chi connectivity index (χ4n) is 5.16. The molecule has 0 amide bonds. The van der Waals surface area contributed by atoms with Crippen LogP contribution < -0.4 is 0 Å². The van der Waals surface area contributed by atoms with E-state index >= 15 is 0 Å². The molecule has 1 fully saturated rings. The molecule has 0 unspecified atom stereocenters. The summed E-state index contributed by atoms with van der Waals surface area (Å²) in [7, 11) is 0. The lowest BCUT2D eigenvalue weighted by Gasteiger charge is -2.22. The van der Waals surface area contributed by atoms with Gasteiger partial charge in [-0.2, -0.15) is 0 Å². The summed E-state index contributed by atoms with van der Waals surface area (Å²) in [6.45, 7) is 5.89. The Morgan fingerprint density at radius 2 is 1.56 bits per heavy atom. The molecular formula is C33H38O3. The maximum absolute atomic E-state index is 11.9. The van der Waals surface area contributed by atoms with E-state index in [2.05, 4.69) is 73.3 Å². The molecule has 0 aliphatic heterocycles. The summed E-state index contributed by atoms with van der Waals surface area (Å²) in [4.78, 5) is 11.9. The Labute approximate surface area is 215 Å². The smallest absolute Gasteiger partial charge is 0.333 e. The number of esters is 1. The van der Waals surface area contributed by atoms with Crippen LogP contribution in [0.1, 0.15) is 68.1 Å². The number of carbonyl (C=O) groups excluding carboxylic acids is 1. The van der Waals surface area contributed by atoms with Crippen molar-refractivity contribution >= 4 is 5.97 Å². The number of rotatable bonds is 10. The Morgan fingerprint density at radius 3 is 2.22 bits per heavy atom. The van der Waals surface area contributed by atoms with Crippen molar-refractivity contribution in [2.75, 3.05) is 13.2 Å². The molecule has 1 aliphatic rings. The monoisotopic (exact) mass is 482 g/mol. The lowest BCUT2D eigenvalue weighted by molar-refractivity contribution is -0.138. The summed E-state index contributed by atoms with van der Waals surface area (Å²) in [5.74, 6) is 0.347. The standard InChI is InChI=1S/C33H38O3/c1-24(2)33(35)36-22-20-31-23-30(28-12-10-25(11-13-28)7-6-21-34)18-19-32(31)29-16-14-27(15-17-29)26-8-4-3-5-9-26/h10-19,23,26,34H,1,3-9,20-22H2,2H3. The fraction of sp³-hybridized carbons (Fsp3) is 0.364. The van der Waals surface area contributed by atoms with Crippen molar-refractivity contribution in [3.05, 3.63) is 95.6 Å². The molecule has 1 N–H and O–H groups in total. The number of hydrogen-bond donors (Lipinski definition) is 1. The second-order valence-electron chi connectivity index (χ2n) is 10.0. The fourth-order valence-corrected chi connectivity index (χ4v) is 5.16. The maximum Gasteiger partial charge on any atom is 0.333 e. The molecule has 0 saturated heterocycles. The van der Waals surface area contributed by atoms with Crippen LogP contribution in [0, 0.1) is 0 Å². The molecule has 3 aromatic rings. The molecule has 3 aromatic carbocycles. The third-order valence-electron chi connectivity index (χ3n) is 7.27. The van der Waals surface area contributed by atoms with Gasteiger partial charge in [0.1, 0.15) is 0 Å². The van der Waals surface area contributed by atoms with Crippen molar-refractivity contribution in [3.8, 4) is 22.3 Å². The third kappa shape index (κ3) is 6.73. The van der Waals surface area contributed by atoms with Crippen molar-refractivity contribution in [1.29, 1.82) is 0 Å². The van der Waals surface area contributed by atoms with Crippen LogP contribution in [0.5, 0.6) is 0 Å². The van der Waals surface area contributed by atoms with E-state index in [0.717, 1.165) is 29.5 Å². The highest BCUT2D eigenvalue weighted by molar-refractivity contribution is 5.87. The lowest BCUT2D eigenvalue weighted by atomic mass is 9.83. The predicted octanol–water partition coefficient (Wildman–Crippen LogP) is 7.66. The van der Waals surface area contributed by atoms with Crippen LogP contribution in [0.4, 0.5) is 0 Å². The number of aliphatic hydroxyl groups excluding tert-OH is 1. The minimum atomic E-state index is -0.344. The first kappa shape index (κ1) is 25.9. The van der Waals surface area contributed by atoms with Crippen LogP contribution >= 0.6 is 0 Å². The van der Waals surface area contributed by atoms with E-state index in [1.54, 1.807) is 6.92 Å². The molecule has 4 rings (SSSR count). The van der Waals surface area contributed by atoms with Crippen molar-refractivity contribution in [1.82, 2.24) is 0 Å². The van der Waals surface area contributed by atoms with E-state index in [1.165, 1.54) is 54.4 Å². The van der Waals surface area contributed by atoms with E-state index in [0.29, 0.717) is 24.5 Å². The van der Waals surface area contributed by atoms with Gasteiger partial charge in [0.2, 0.25) is 0 Å². The second-order valence-corrected chi connectivity index (χ2v) is 10.0. The number of benzene rings is 3. The van der Waals surface area contributed by atoms with Gasteiger partial charge in [0.25, 0.3) is 0 Å². The number of aliphatic hydroxyl groups is 1. The van der Waals surface area contributed by atoms with E-state index in [1.807, 2.05) is 0 Å². The molecule has 3 nitrogen and oxygen atoms in total. The Balaban J connectivity index is 1.58. The topological polar surface area (TPSA) is 46.5 Å². The molecular weight excluding hydrogens is 444 g/mol. The largest absolute Gasteiger partial charge is 0.462 e. The molecule has 36 heavy (non-hydrogen) atoms. The Hall–Kier alpha value is -3.17. The zero-order valence-corrected chi connectivity index (χ0v) is 21.5. The van der Waals surface area contributed by atoms with Crippen LogP contribution in [-0.4, -0.2) is 24.3 Å². The van der Waals surface area contributed by atoms with Crippen LogP contribution in [0.15, 0.2) is 78.9 Å². The van der Waals surface area contributed by atoms with E-state index in [4.69, 9.17) is 9.84 Å². The summed E-state index contributed by atoms with van der Waals surface area (Å²) < 4.78 is 5.44. The van der Waals surface area contributed by atoms with Crippen LogP contribution in [0.3, 0.4) is 0 Å². The van der Waals surface area contributed by atoms with Gasteiger partial charge in [-0.25, -0.2) is 4.79 Å². The molecule has 0 bridgehead atoms. The highest BCUT2D eigenvalue weighted by Gasteiger charge is 2.16. The molecule has 3 heteroatoms. The highest BCUT2D eigenvalue weighted by Crippen LogP contribution is 2.35. The minimum Gasteiger partial charge on any atom is -0.462 e. The van der Waals surface area contributed by atoms with Crippen molar-refractivity contribution in [3.63, 3.8) is 0 Å². The first-order valence-electron chi connectivity index (χ1n) is 13.3.